The molecule has 0 radical (unpaired) electrons. The second-order valence-electron chi connectivity index (χ2n) is 7.61. The predicted molar refractivity (Wildman–Crippen MR) is 102 cm³/mol. The molecule has 0 N–H and O–H groups in total. The highest BCUT2D eigenvalue weighted by atomic mass is 16.6. The maximum Gasteiger partial charge on any atom is 0.317 e. The minimum atomic E-state index is -0.535. The number of esters is 1. The Bertz CT molecular complexity index is 700. The van der Waals surface area contributed by atoms with Gasteiger partial charge in [0, 0.05) is 12.0 Å². The predicted octanol–water partition coefficient (Wildman–Crippen LogP) is 5.47. The van der Waals surface area contributed by atoms with Crippen LogP contribution in [0.5, 0.6) is 0 Å². The molecular weight excluding hydrogens is 312 g/mol. The number of allylic oxidation sites excluding steroid dienone is 2. The first-order chi connectivity index (χ1) is 11.8. The van der Waals surface area contributed by atoms with Crippen LogP contribution in [0.2, 0.25) is 0 Å². The number of ether oxygens (including phenoxy) is 1. The number of Topliss-reactive ketones (excluding diaryl/α,β-unsaturated/α-hetero) is 1. The number of ketones is 1. The van der Waals surface area contributed by atoms with Gasteiger partial charge in [0.15, 0.2) is 5.78 Å². The van der Waals surface area contributed by atoms with E-state index in [2.05, 4.69) is 0 Å². The Morgan fingerprint density at radius 1 is 1.16 bits per heavy atom. The van der Waals surface area contributed by atoms with Gasteiger partial charge >= 0.3 is 5.97 Å². The van der Waals surface area contributed by atoms with Crippen molar-refractivity contribution in [1.82, 2.24) is 0 Å². The average Bonchev–Trinajstić information content (AvgIpc) is 2.82. The van der Waals surface area contributed by atoms with Gasteiger partial charge in [-0.2, -0.15) is 0 Å². The molecule has 1 aromatic carbocycles. The molecule has 1 fully saturated rings. The van der Waals surface area contributed by atoms with Crippen molar-refractivity contribution in [3.63, 3.8) is 0 Å². The molecule has 0 spiro atoms. The fraction of sp³-hybridized carbons (Fsp3) is 0.545. The normalized spacial score (nSPS) is 19.6. The molecule has 0 bridgehead atoms. The lowest BCUT2D eigenvalue weighted by Gasteiger charge is -2.41. The fourth-order valence-corrected chi connectivity index (χ4v) is 3.49. The summed E-state index contributed by atoms with van der Waals surface area (Å²) in [7, 11) is 0. The third kappa shape index (κ3) is 3.56. The molecule has 3 heteroatoms. The first-order valence-corrected chi connectivity index (χ1v) is 9.33. The van der Waals surface area contributed by atoms with Gasteiger partial charge in [0.25, 0.3) is 0 Å². The van der Waals surface area contributed by atoms with Gasteiger partial charge in [-0.3, -0.25) is 9.59 Å². The van der Waals surface area contributed by atoms with Crippen molar-refractivity contribution in [2.45, 2.75) is 78.2 Å². The minimum absolute atomic E-state index is 0.137. The summed E-state index contributed by atoms with van der Waals surface area (Å²) >= 11 is 0. The molecule has 3 nitrogen and oxygen atoms in total. The molecule has 136 valence electrons. The first kappa shape index (κ1) is 19.4. The van der Waals surface area contributed by atoms with Gasteiger partial charge in [0.2, 0.25) is 0 Å². The maximum absolute atomic E-state index is 12.8. The van der Waals surface area contributed by atoms with Crippen LogP contribution in [-0.2, 0) is 14.9 Å². The van der Waals surface area contributed by atoms with Gasteiger partial charge < -0.3 is 4.74 Å². The highest BCUT2D eigenvalue weighted by molar-refractivity contribution is 6.12. The van der Waals surface area contributed by atoms with Gasteiger partial charge in [-0.1, -0.05) is 38.5 Å². The van der Waals surface area contributed by atoms with E-state index < -0.39 is 11.0 Å². The van der Waals surface area contributed by atoms with E-state index in [0.29, 0.717) is 6.42 Å². The van der Waals surface area contributed by atoms with E-state index in [9.17, 15) is 9.59 Å². The van der Waals surface area contributed by atoms with Crippen LogP contribution in [0.1, 0.15) is 88.7 Å². The van der Waals surface area contributed by atoms with Crippen LogP contribution in [0.25, 0.3) is 5.57 Å². The third-order valence-electron chi connectivity index (χ3n) is 4.91. The maximum atomic E-state index is 12.8. The second kappa shape index (κ2) is 7.15. The van der Waals surface area contributed by atoms with Crippen LogP contribution in [0.3, 0.4) is 0 Å². The van der Waals surface area contributed by atoms with Crippen molar-refractivity contribution >= 4 is 17.3 Å². The topological polar surface area (TPSA) is 43.4 Å². The van der Waals surface area contributed by atoms with Crippen LogP contribution in [0.15, 0.2) is 24.3 Å². The van der Waals surface area contributed by atoms with Gasteiger partial charge in [-0.25, -0.2) is 0 Å². The van der Waals surface area contributed by atoms with Crippen LogP contribution in [0.4, 0.5) is 0 Å². The standard InChI is InChI=1S/C20H24O3.C2H6/c1-5-13-11-17(21)15-8-7-14(12-16(13)15)20(9-6-10-20)18(22)23-19(2,3)4;1-2/h5,7-8,12H,6,9-11H2,1-4H3;1-2H3/b13-5-;. The van der Waals surface area contributed by atoms with Crippen molar-refractivity contribution in [1.29, 1.82) is 0 Å². The summed E-state index contributed by atoms with van der Waals surface area (Å²) in [5, 5.41) is 0. The molecule has 25 heavy (non-hydrogen) atoms. The molecule has 0 unspecified atom stereocenters. The van der Waals surface area contributed by atoms with Crippen LogP contribution in [0, 0.1) is 0 Å². The minimum Gasteiger partial charge on any atom is -0.459 e. The Morgan fingerprint density at radius 2 is 1.80 bits per heavy atom. The number of hydrogen-bond acceptors (Lipinski definition) is 3. The summed E-state index contributed by atoms with van der Waals surface area (Å²) in [6.45, 7) is 11.7. The Labute approximate surface area is 151 Å². The lowest BCUT2D eigenvalue weighted by atomic mass is 9.64. The van der Waals surface area contributed by atoms with Crippen LogP contribution >= 0.6 is 0 Å². The van der Waals surface area contributed by atoms with Crippen molar-refractivity contribution in [3.05, 3.63) is 41.0 Å². The highest BCUT2D eigenvalue weighted by Gasteiger charge is 2.48. The van der Waals surface area contributed by atoms with Gasteiger partial charge in [0.05, 0.1) is 5.41 Å². The largest absolute Gasteiger partial charge is 0.459 e. The quantitative estimate of drug-likeness (QED) is 0.670. The Hall–Kier alpha value is -1.90. The SMILES string of the molecule is C/C=C1/CC(=O)c2ccc(C3(C(=O)OC(C)(C)C)CCC3)cc21.CC. The first-order valence-electron chi connectivity index (χ1n) is 9.33. The van der Waals surface area contributed by atoms with Gasteiger partial charge in [0.1, 0.15) is 5.60 Å². The van der Waals surface area contributed by atoms with E-state index in [1.54, 1.807) is 0 Å². The Kier molecular flexibility index (Phi) is 5.55. The highest BCUT2D eigenvalue weighted by Crippen LogP contribution is 2.47. The second-order valence-corrected chi connectivity index (χ2v) is 7.61. The summed E-state index contributed by atoms with van der Waals surface area (Å²) in [5.41, 5.74) is 2.80. The van der Waals surface area contributed by atoms with Gasteiger partial charge in [-0.15, -0.1) is 0 Å². The molecule has 2 aliphatic carbocycles. The number of rotatable bonds is 2. The summed E-state index contributed by atoms with van der Waals surface area (Å²) in [4.78, 5) is 24.8. The summed E-state index contributed by atoms with van der Waals surface area (Å²) in [6.07, 6.45) is 5.13. The molecule has 0 saturated heterocycles. The molecule has 1 aromatic rings. The van der Waals surface area contributed by atoms with E-state index in [1.807, 2.05) is 65.8 Å². The smallest absolute Gasteiger partial charge is 0.317 e. The van der Waals surface area contributed by atoms with E-state index in [4.69, 9.17) is 4.74 Å². The molecule has 3 rings (SSSR count). The number of fused-ring (bicyclic) bond motifs is 1. The number of benzene rings is 1. The Morgan fingerprint density at radius 3 is 2.28 bits per heavy atom. The molecule has 0 aromatic heterocycles. The zero-order chi connectivity index (χ0) is 18.8. The number of carbonyl (C=O) groups excluding carboxylic acids is 2. The van der Waals surface area contributed by atoms with Crippen LogP contribution in [-0.4, -0.2) is 17.4 Å². The monoisotopic (exact) mass is 342 g/mol. The third-order valence-corrected chi connectivity index (χ3v) is 4.91. The van der Waals surface area contributed by atoms with Crippen LogP contribution < -0.4 is 0 Å². The average molecular weight is 342 g/mol. The molecule has 2 aliphatic rings. The summed E-state index contributed by atoms with van der Waals surface area (Å²) in [5.74, 6) is 0.0297. The molecule has 0 atom stereocenters. The molecular formula is C22H30O3. The molecule has 0 heterocycles. The lowest BCUT2D eigenvalue weighted by Crippen LogP contribution is -2.46. The lowest BCUT2D eigenvalue weighted by molar-refractivity contribution is -0.166. The van der Waals surface area contributed by atoms with Crippen molar-refractivity contribution in [3.8, 4) is 0 Å². The van der Waals surface area contributed by atoms with E-state index in [1.165, 1.54) is 0 Å². The molecule has 1 saturated carbocycles. The fourth-order valence-electron chi connectivity index (χ4n) is 3.49. The van der Waals surface area contributed by atoms with Crippen molar-refractivity contribution in [2.24, 2.45) is 0 Å². The van der Waals surface area contributed by atoms with Gasteiger partial charge in [-0.05, 0) is 63.3 Å². The molecule has 0 amide bonds. The number of hydrogen-bond donors (Lipinski definition) is 0. The van der Waals surface area contributed by atoms with Crippen molar-refractivity contribution < 1.29 is 14.3 Å². The van der Waals surface area contributed by atoms with E-state index in [-0.39, 0.29) is 11.8 Å². The Balaban J connectivity index is 0.00000109. The van der Waals surface area contributed by atoms with Crippen molar-refractivity contribution in [2.75, 3.05) is 0 Å². The van der Waals surface area contributed by atoms with E-state index in [0.717, 1.165) is 41.5 Å². The molecule has 0 aliphatic heterocycles. The zero-order valence-corrected chi connectivity index (χ0v) is 16.4. The number of carbonyl (C=O) groups is 2. The zero-order valence-electron chi connectivity index (χ0n) is 16.4. The summed E-state index contributed by atoms with van der Waals surface area (Å²) < 4.78 is 5.67. The van der Waals surface area contributed by atoms with E-state index >= 15 is 0 Å². The summed E-state index contributed by atoms with van der Waals surface area (Å²) in [6, 6.07) is 5.87.